The second-order valence-corrected chi connectivity index (χ2v) is 10.4. The molecule has 3 aromatic carbocycles. The molecule has 0 spiro atoms. The first-order chi connectivity index (χ1) is 22.3. The molecular weight excluding hydrogens is 610 g/mol. The van der Waals surface area contributed by atoms with Gasteiger partial charge in [-0.05, 0) is 70.4 Å². The van der Waals surface area contributed by atoms with Crippen LogP contribution in [0.25, 0.3) is 22.9 Å². The van der Waals surface area contributed by atoms with Gasteiger partial charge in [0.25, 0.3) is 0 Å². The molecule has 1 atom stereocenters. The maximum atomic E-state index is 13.3. The highest BCUT2D eigenvalue weighted by Crippen LogP contribution is 2.25. The molecule has 0 radical (unpaired) electrons. The summed E-state index contributed by atoms with van der Waals surface area (Å²) < 4.78 is 6.42. The van der Waals surface area contributed by atoms with E-state index in [4.69, 9.17) is 22.1 Å². The summed E-state index contributed by atoms with van der Waals surface area (Å²) in [4.78, 5) is 36.0. The maximum absolute atomic E-state index is 13.3. The number of anilines is 1. The highest BCUT2D eigenvalue weighted by atomic mass is 35.5. The number of carbonyl (C=O) groups excluding carboxylic acids is 3. The average Bonchev–Trinajstić information content (AvgIpc) is 3.59. The van der Waals surface area contributed by atoms with Crippen LogP contribution < -0.4 is 16.4 Å². The van der Waals surface area contributed by atoms with Crippen molar-refractivity contribution < 1.29 is 19.1 Å². The molecule has 0 fully saturated rings. The Labute approximate surface area is 268 Å². The number of hydrogen-bond acceptors (Lipinski definition) is 9. The van der Waals surface area contributed by atoms with Crippen LogP contribution in [-0.2, 0) is 20.7 Å². The summed E-state index contributed by atoms with van der Waals surface area (Å²) in [5.41, 5.74) is 9.98. The fourth-order valence-corrected chi connectivity index (χ4v) is 4.64. The van der Waals surface area contributed by atoms with Gasteiger partial charge in [0, 0.05) is 27.9 Å². The number of benzene rings is 3. The molecule has 0 saturated heterocycles. The first-order valence-corrected chi connectivity index (χ1v) is 14.4. The Morgan fingerprint density at radius 2 is 1.78 bits per heavy atom. The smallest absolute Gasteiger partial charge is 0.411 e. The molecule has 46 heavy (non-hydrogen) atoms. The van der Waals surface area contributed by atoms with E-state index < -0.39 is 18.0 Å². The molecule has 0 unspecified atom stereocenters. The van der Waals surface area contributed by atoms with Crippen LogP contribution in [0.1, 0.15) is 29.3 Å². The highest BCUT2D eigenvalue weighted by molar-refractivity contribution is 6.30. The number of nitrogens with zero attached hydrogens (tertiary/aromatic N) is 6. The van der Waals surface area contributed by atoms with Gasteiger partial charge in [-0.25, -0.2) is 4.79 Å². The van der Waals surface area contributed by atoms with E-state index in [2.05, 4.69) is 36.4 Å². The minimum atomic E-state index is -0.697. The molecule has 5 aromatic rings. The summed E-state index contributed by atoms with van der Waals surface area (Å²) in [7, 11) is 0. The van der Waals surface area contributed by atoms with Gasteiger partial charge in [-0.2, -0.15) is 14.9 Å². The second kappa shape index (κ2) is 15.2. The predicted molar refractivity (Wildman–Crippen MR) is 170 cm³/mol. The molecule has 14 heteroatoms. The Balaban J connectivity index is 1.33. The number of nitrogens with two attached hydrogens (primary N) is 1. The lowest BCUT2D eigenvalue weighted by Gasteiger charge is -2.18. The Kier molecular flexibility index (Phi) is 10.4. The largest absolute Gasteiger partial charge is 0.449 e. The SMILES string of the molecule is NC(=O)CCOC(=O)Nc1ccc(-c2cnnc([C@H](Cc3ccccc3)NC(=O)/C=C/c3cc(Cl)ccc3-n3cnnn3)c2)cc1. The van der Waals surface area contributed by atoms with Crippen molar-refractivity contribution in [3.8, 4) is 16.8 Å². The zero-order valence-electron chi connectivity index (χ0n) is 24.3. The Bertz CT molecular complexity index is 1830. The molecule has 0 saturated carbocycles. The molecule has 0 bridgehead atoms. The first kappa shape index (κ1) is 31.5. The molecular formula is C32H28ClN9O4. The summed E-state index contributed by atoms with van der Waals surface area (Å²) >= 11 is 6.22. The topological polar surface area (TPSA) is 180 Å². The Hall–Kier alpha value is -5.95. The third-order valence-corrected chi connectivity index (χ3v) is 6.91. The van der Waals surface area contributed by atoms with Crippen LogP contribution in [0.4, 0.5) is 10.5 Å². The van der Waals surface area contributed by atoms with Gasteiger partial charge in [-0.3, -0.25) is 14.9 Å². The zero-order chi connectivity index (χ0) is 32.3. The van der Waals surface area contributed by atoms with Crippen molar-refractivity contribution >= 4 is 41.3 Å². The van der Waals surface area contributed by atoms with Crippen LogP contribution >= 0.6 is 11.6 Å². The van der Waals surface area contributed by atoms with Gasteiger partial charge in [0.15, 0.2) is 0 Å². The normalized spacial score (nSPS) is 11.6. The summed E-state index contributed by atoms with van der Waals surface area (Å²) in [6, 6.07) is 23.3. The quantitative estimate of drug-likeness (QED) is 0.168. The third-order valence-electron chi connectivity index (χ3n) is 6.68. The third kappa shape index (κ3) is 8.80. The van der Waals surface area contributed by atoms with Crippen LogP contribution in [0.2, 0.25) is 5.02 Å². The van der Waals surface area contributed by atoms with Gasteiger partial charge in [-0.1, -0.05) is 54.1 Å². The van der Waals surface area contributed by atoms with Gasteiger partial charge in [0.1, 0.15) is 12.9 Å². The lowest BCUT2D eigenvalue weighted by atomic mass is 10.00. The van der Waals surface area contributed by atoms with Crippen LogP contribution in [0.15, 0.2) is 97.5 Å². The molecule has 0 aliphatic carbocycles. The number of hydrogen-bond donors (Lipinski definition) is 3. The number of amides is 3. The monoisotopic (exact) mass is 637 g/mol. The molecule has 0 aliphatic heterocycles. The van der Waals surface area contributed by atoms with Crippen LogP contribution in [0.3, 0.4) is 0 Å². The van der Waals surface area contributed by atoms with E-state index in [1.54, 1.807) is 54.7 Å². The summed E-state index contributed by atoms with van der Waals surface area (Å²) in [5, 5.41) is 26.0. The molecule has 0 aliphatic rings. The summed E-state index contributed by atoms with van der Waals surface area (Å²) in [6.07, 6.45) is 5.84. The molecule has 3 amide bonds. The van der Waals surface area contributed by atoms with Crippen LogP contribution in [-0.4, -0.2) is 54.9 Å². The van der Waals surface area contributed by atoms with E-state index >= 15 is 0 Å². The van der Waals surface area contributed by atoms with Crippen molar-refractivity contribution in [2.45, 2.75) is 18.9 Å². The summed E-state index contributed by atoms with van der Waals surface area (Å²) in [5.74, 6) is -0.910. The van der Waals surface area contributed by atoms with E-state index in [-0.39, 0.29) is 18.9 Å². The van der Waals surface area contributed by atoms with Crippen LogP contribution in [0.5, 0.6) is 0 Å². The van der Waals surface area contributed by atoms with Gasteiger partial charge < -0.3 is 15.8 Å². The Morgan fingerprint density at radius 1 is 0.978 bits per heavy atom. The lowest BCUT2D eigenvalue weighted by Crippen LogP contribution is -2.29. The molecule has 13 nitrogen and oxygen atoms in total. The number of carbonyl (C=O) groups is 3. The molecule has 232 valence electrons. The predicted octanol–water partition coefficient (Wildman–Crippen LogP) is 4.31. The van der Waals surface area contributed by atoms with Crippen molar-refractivity contribution in [1.29, 1.82) is 0 Å². The lowest BCUT2D eigenvalue weighted by molar-refractivity contribution is -0.119. The van der Waals surface area contributed by atoms with Crippen molar-refractivity contribution in [3.05, 3.63) is 119 Å². The zero-order valence-corrected chi connectivity index (χ0v) is 25.0. The van der Waals surface area contributed by atoms with E-state index in [1.165, 1.54) is 17.1 Å². The van der Waals surface area contributed by atoms with Crippen molar-refractivity contribution in [2.24, 2.45) is 5.73 Å². The number of tetrazole rings is 1. The second-order valence-electron chi connectivity index (χ2n) is 9.97. The minimum Gasteiger partial charge on any atom is -0.449 e. The van der Waals surface area contributed by atoms with Gasteiger partial charge in [-0.15, -0.1) is 5.10 Å². The van der Waals surface area contributed by atoms with Crippen LogP contribution in [0, 0.1) is 0 Å². The fraction of sp³-hybridized carbons (Fsp3) is 0.125. The number of primary amides is 1. The molecule has 2 heterocycles. The fourth-order valence-electron chi connectivity index (χ4n) is 4.46. The van der Waals surface area contributed by atoms with Gasteiger partial charge >= 0.3 is 6.09 Å². The molecule has 4 N–H and O–H groups in total. The summed E-state index contributed by atoms with van der Waals surface area (Å²) in [6.45, 7) is -0.108. The van der Waals surface area contributed by atoms with Crippen molar-refractivity contribution in [3.63, 3.8) is 0 Å². The van der Waals surface area contributed by atoms with Gasteiger partial charge in [0.2, 0.25) is 11.8 Å². The average molecular weight is 638 g/mol. The molecule has 5 rings (SSSR count). The number of aromatic nitrogens is 6. The van der Waals surface area contributed by atoms with Crippen molar-refractivity contribution in [2.75, 3.05) is 11.9 Å². The van der Waals surface area contributed by atoms with Gasteiger partial charge in [0.05, 0.1) is 30.0 Å². The minimum absolute atomic E-state index is 0.0590. The first-order valence-electron chi connectivity index (χ1n) is 14.0. The maximum Gasteiger partial charge on any atom is 0.411 e. The molecule has 2 aromatic heterocycles. The van der Waals surface area contributed by atoms with Crippen molar-refractivity contribution in [1.82, 2.24) is 35.7 Å². The van der Waals surface area contributed by atoms with E-state index in [1.807, 2.05) is 36.4 Å². The van der Waals surface area contributed by atoms with E-state index in [0.717, 1.165) is 16.7 Å². The number of nitrogens with one attached hydrogen (secondary N) is 2. The number of ether oxygens (including phenoxy) is 1. The number of rotatable bonds is 12. The number of halogens is 1. The van der Waals surface area contributed by atoms with E-state index in [0.29, 0.717) is 34.1 Å². The highest BCUT2D eigenvalue weighted by Gasteiger charge is 2.18. The Morgan fingerprint density at radius 3 is 2.52 bits per heavy atom. The standard InChI is InChI=1S/C32H28ClN9O4/c33-25-9-12-29(42-20-36-40-41-42)23(17-25)8-13-31(44)38-27(16-21-4-2-1-3-5-21)28-18-24(19-35-39-28)22-6-10-26(11-7-22)37-32(45)46-15-14-30(34)43/h1-13,17-20,27H,14-16H2,(H2,34,43)(H,37,45)(H,38,44)/b13-8+/t27-/m0/s1. The van der Waals surface area contributed by atoms with E-state index in [9.17, 15) is 14.4 Å².